The van der Waals surface area contributed by atoms with Crippen LogP contribution in [0.25, 0.3) is 0 Å². The molecule has 6 nitrogen and oxygen atoms in total. The summed E-state index contributed by atoms with van der Waals surface area (Å²) >= 11 is 0. The minimum absolute atomic E-state index is 0.173. The van der Waals surface area contributed by atoms with Crippen LogP contribution in [-0.4, -0.2) is 56.3 Å². The molecule has 0 atom stereocenters. The summed E-state index contributed by atoms with van der Waals surface area (Å²) in [6.07, 6.45) is 0. The van der Waals surface area contributed by atoms with Crippen molar-refractivity contribution in [1.82, 2.24) is 10.2 Å². The molecule has 0 radical (unpaired) electrons. The van der Waals surface area contributed by atoms with Crippen LogP contribution in [0.5, 0.6) is 5.75 Å². The smallest absolute Gasteiger partial charge is 0.255 e. The van der Waals surface area contributed by atoms with E-state index in [-0.39, 0.29) is 22.9 Å². The van der Waals surface area contributed by atoms with Gasteiger partial charge in [-0.25, -0.2) is 0 Å². The predicted molar refractivity (Wildman–Crippen MR) is 74.2 cm³/mol. The van der Waals surface area contributed by atoms with E-state index in [0.717, 1.165) is 6.54 Å². The van der Waals surface area contributed by atoms with Gasteiger partial charge in [0.15, 0.2) is 5.75 Å². The van der Waals surface area contributed by atoms with Crippen molar-refractivity contribution in [2.45, 2.75) is 0 Å². The van der Waals surface area contributed by atoms with E-state index in [1.807, 2.05) is 11.9 Å². The predicted octanol–water partition coefficient (Wildman–Crippen LogP) is 0.282. The van der Waals surface area contributed by atoms with Gasteiger partial charge < -0.3 is 25.8 Å². The number of nitrogens with zero attached hydrogens (tertiary/aromatic N) is 1. The standard InChI is InChI=1S/C13H21N3O3/c1-16(8-9-19-2)7-6-15-13(18)10-4-3-5-11(14)12(10)17/h3-5,17H,6-9,14H2,1-2H3,(H,15,18). The van der Waals surface area contributed by atoms with Gasteiger partial charge in [-0.3, -0.25) is 4.79 Å². The van der Waals surface area contributed by atoms with E-state index in [0.29, 0.717) is 19.7 Å². The Bertz CT molecular complexity index is 424. The SMILES string of the molecule is COCCN(C)CCNC(=O)c1cccc(N)c1O. The molecule has 6 heteroatoms. The first kappa shape index (κ1) is 15.3. The second-order valence-electron chi connectivity index (χ2n) is 4.30. The Labute approximate surface area is 113 Å². The van der Waals surface area contributed by atoms with Crippen molar-refractivity contribution in [3.05, 3.63) is 23.8 Å². The summed E-state index contributed by atoms with van der Waals surface area (Å²) in [5.41, 5.74) is 5.93. The van der Waals surface area contributed by atoms with Gasteiger partial charge in [0.05, 0.1) is 17.9 Å². The first-order chi connectivity index (χ1) is 9.06. The second kappa shape index (κ2) is 7.60. The maximum atomic E-state index is 11.8. The lowest BCUT2D eigenvalue weighted by Gasteiger charge is -2.16. The summed E-state index contributed by atoms with van der Waals surface area (Å²) in [6.45, 7) is 2.65. The molecule has 0 heterocycles. The van der Waals surface area contributed by atoms with Gasteiger partial charge in [-0.2, -0.15) is 0 Å². The number of rotatable bonds is 7. The van der Waals surface area contributed by atoms with Crippen LogP contribution in [0, 0.1) is 0 Å². The number of nitrogens with one attached hydrogen (secondary N) is 1. The van der Waals surface area contributed by atoms with Gasteiger partial charge >= 0.3 is 0 Å². The Balaban J connectivity index is 2.41. The molecular weight excluding hydrogens is 246 g/mol. The van der Waals surface area contributed by atoms with Crippen LogP contribution in [-0.2, 0) is 4.74 Å². The van der Waals surface area contributed by atoms with Crippen molar-refractivity contribution in [3.8, 4) is 5.75 Å². The average Bonchev–Trinajstić information content (AvgIpc) is 2.39. The van der Waals surface area contributed by atoms with Crippen molar-refractivity contribution >= 4 is 11.6 Å². The molecule has 0 aliphatic heterocycles. The molecule has 1 amide bonds. The molecule has 1 aromatic rings. The van der Waals surface area contributed by atoms with Gasteiger partial charge in [0.2, 0.25) is 0 Å². The molecule has 0 unspecified atom stereocenters. The van der Waals surface area contributed by atoms with E-state index in [4.69, 9.17) is 10.5 Å². The van der Waals surface area contributed by atoms with E-state index in [1.165, 1.54) is 6.07 Å². The van der Waals surface area contributed by atoms with E-state index >= 15 is 0 Å². The van der Waals surface area contributed by atoms with Crippen LogP contribution in [0.15, 0.2) is 18.2 Å². The number of para-hydroxylation sites is 1. The van der Waals surface area contributed by atoms with Crippen LogP contribution in [0.4, 0.5) is 5.69 Å². The fourth-order valence-electron chi connectivity index (χ4n) is 1.56. The van der Waals surface area contributed by atoms with Gasteiger partial charge in [0, 0.05) is 26.7 Å². The summed E-state index contributed by atoms with van der Waals surface area (Å²) in [5.74, 6) is -0.502. The van der Waals surface area contributed by atoms with Crippen LogP contribution >= 0.6 is 0 Å². The number of anilines is 1. The van der Waals surface area contributed by atoms with Crippen LogP contribution < -0.4 is 11.1 Å². The number of hydrogen-bond acceptors (Lipinski definition) is 5. The van der Waals surface area contributed by atoms with E-state index < -0.39 is 0 Å². The fraction of sp³-hybridized carbons (Fsp3) is 0.462. The Kier molecular flexibility index (Phi) is 6.11. The van der Waals surface area contributed by atoms with Crippen molar-refractivity contribution in [1.29, 1.82) is 0 Å². The van der Waals surface area contributed by atoms with Crippen molar-refractivity contribution < 1.29 is 14.6 Å². The number of benzene rings is 1. The molecule has 0 aliphatic rings. The Morgan fingerprint density at radius 1 is 1.47 bits per heavy atom. The van der Waals surface area contributed by atoms with Crippen LogP contribution in [0.2, 0.25) is 0 Å². The van der Waals surface area contributed by atoms with Crippen molar-refractivity contribution in [3.63, 3.8) is 0 Å². The van der Waals surface area contributed by atoms with E-state index in [1.54, 1.807) is 19.2 Å². The number of aromatic hydroxyl groups is 1. The van der Waals surface area contributed by atoms with Gasteiger partial charge in [-0.15, -0.1) is 0 Å². The number of amides is 1. The largest absolute Gasteiger partial charge is 0.505 e. The number of carbonyl (C=O) groups is 1. The molecule has 106 valence electrons. The van der Waals surface area contributed by atoms with Crippen molar-refractivity contribution in [2.75, 3.05) is 46.1 Å². The van der Waals surface area contributed by atoms with E-state index in [2.05, 4.69) is 5.32 Å². The molecule has 1 rings (SSSR count). The number of likely N-dealkylation sites (N-methyl/N-ethyl adjacent to an activating group) is 1. The summed E-state index contributed by atoms with van der Waals surface area (Å²) in [4.78, 5) is 13.9. The number of nitrogens with two attached hydrogens (primary N) is 1. The number of phenolic OH excluding ortho intramolecular Hbond substituents is 1. The maximum absolute atomic E-state index is 11.8. The summed E-state index contributed by atoms with van der Waals surface area (Å²) in [7, 11) is 3.60. The number of methoxy groups -OCH3 is 1. The fourth-order valence-corrected chi connectivity index (χ4v) is 1.56. The molecule has 1 aromatic carbocycles. The lowest BCUT2D eigenvalue weighted by atomic mass is 10.1. The monoisotopic (exact) mass is 267 g/mol. The third-order valence-corrected chi connectivity index (χ3v) is 2.77. The lowest BCUT2D eigenvalue weighted by Crippen LogP contribution is -2.34. The molecule has 0 aliphatic carbocycles. The van der Waals surface area contributed by atoms with Crippen molar-refractivity contribution in [2.24, 2.45) is 0 Å². The number of phenols is 1. The topological polar surface area (TPSA) is 87.8 Å². The molecule has 0 fully saturated rings. The highest BCUT2D eigenvalue weighted by Crippen LogP contribution is 2.23. The molecule has 0 bridgehead atoms. The Morgan fingerprint density at radius 3 is 2.89 bits per heavy atom. The Hall–Kier alpha value is -1.79. The first-order valence-corrected chi connectivity index (χ1v) is 6.09. The quantitative estimate of drug-likeness (QED) is 0.488. The lowest BCUT2D eigenvalue weighted by molar-refractivity contribution is 0.0945. The van der Waals surface area contributed by atoms with Crippen LogP contribution in [0.3, 0.4) is 0 Å². The molecule has 4 N–H and O–H groups in total. The van der Waals surface area contributed by atoms with E-state index in [9.17, 15) is 9.90 Å². The van der Waals surface area contributed by atoms with Gasteiger partial charge in [-0.05, 0) is 19.2 Å². The van der Waals surface area contributed by atoms with Crippen LogP contribution in [0.1, 0.15) is 10.4 Å². The summed E-state index contributed by atoms with van der Waals surface area (Å²) in [6, 6.07) is 4.72. The third kappa shape index (κ3) is 4.76. The highest BCUT2D eigenvalue weighted by atomic mass is 16.5. The number of ether oxygens (including phenoxy) is 1. The molecule has 0 saturated carbocycles. The van der Waals surface area contributed by atoms with Gasteiger partial charge in [0.25, 0.3) is 5.91 Å². The number of hydrogen-bond donors (Lipinski definition) is 3. The summed E-state index contributed by atoms with van der Waals surface area (Å²) in [5, 5.41) is 12.4. The van der Waals surface area contributed by atoms with Gasteiger partial charge in [-0.1, -0.05) is 6.07 Å². The molecule has 19 heavy (non-hydrogen) atoms. The molecule has 0 spiro atoms. The number of nitrogen functional groups attached to an aromatic ring is 1. The minimum Gasteiger partial charge on any atom is -0.505 e. The zero-order valence-corrected chi connectivity index (χ0v) is 11.3. The zero-order valence-electron chi connectivity index (χ0n) is 11.3. The second-order valence-corrected chi connectivity index (χ2v) is 4.30. The highest BCUT2D eigenvalue weighted by Gasteiger charge is 2.12. The highest BCUT2D eigenvalue weighted by molar-refractivity contribution is 5.98. The first-order valence-electron chi connectivity index (χ1n) is 6.09. The normalized spacial score (nSPS) is 10.7. The molecule has 0 aromatic heterocycles. The third-order valence-electron chi connectivity index (χ3n) is 2.77. The minimum atomic E-state index is -0.329. The van der Waals surface area contributed by atoms with Gasteiger partial charge in [0.1, 0.15) is 0 Å². The zero-order chi connectivity index (χ0) is 14.3. The maximum Gasteiger partial charge on any atom is 0.255 e. The molecular formula is C13H21N3O3. The average molecular weight is 267 g/mol. The Morgan fingerprint density at radius 2 is 2.21 bits per heavy atom. The summed E-state index contributed by atoms with van der Waals surface area (Å²) < 4.78 is 4.96. The number of carbonyl (C=O) groups excluding carboxylic acids is 1. The molecule has 0 saturated heterocycles.